The molecule has 0 saturated heterocycles. The molecule has 7 heteroatoms. The van der Waals surface area contributed by atoms with Crippen LogP contribution in [-0.2, 0) is 0 Å². The van der Waals surface area contributed by atoms with Gasteiger partial charge in [-0.3, -0.25) is 5.32 Å². The molecule has 5 rings (SSSR count). The molecule has 28 heavy (non-hydrogen) atoms. The predicted octanol–water partition coefficient (Wildman–Crippen LogP) is 4.75. The minimum absolute atomic E-state index is 0.0215. The summed E-state index contributed by atoms with van der Waals surface area (Å²) in [4.78, 5) is 15.0. The number of carbonyl (C=O) groups is 1. The average Bonchev–Trinajstić information content (AvgIpc) is 2.99. The van der Waals surface area contributed by atoms with E-state index in [0.717, 1.165) is 55.2 Å². The van der Waals surface area contributed by atoms with E-state index >= 15 is 0 Å². The van der Waals surface area contributed by atoms with E-state index in [1.165, 1.54) is 30.6 Å². The summed E-state index contributed by atoms with van der Waals surface area (Å²) in [7, 11) is 0. The van der Waals surface area contributed by atoms with E-state index in [1.807, 2.05) is 0 Å². The van der Waals surface area contributed by atoms with Gasteiger partial charge in [-0.05, 0) is 68.1 Å². The summed E-state index contributed by atoms with van der Waals surface area (Å²) < 4.78 is 0. The summed E-state index contributed by atoms with van der Waals surface area (Å²) >= 11 is 1.48. The van der Waals surface area contributed by atoms with E-state index in [9.17, 15) is 4.79 Å². The number of carbonyl (C=O) groups excluding carboxylic acids is 1. The highest BCUT2D eigenvalue weighted by atomic mass is 32.1. The van der Waals surface area contributed by atoms with Crippen LogP contribution >= 0.6 is 11.3 Å². The quantitative estimate of drug-likeness (QED) is 0.687. The summed E-state index contributed by atoms with van der Waals surface area (Å²) in [6.45, 7) is 10.8. The van der Waals surface area contributed by atoms with Crippen molar-refractivity contribution in [2.75, 3.05) is 23.3 Å². The number of hydrogen-bond donors (Lipinski definition) is 2. The Balaban J connectivity index is 1.37. The van der Waals surface area contributed by atoms with Gasteiger partial charge < -0.3 is 10.2 Å². The molecule has 156 valence electrons. The zero-order valence-corrected chi connectivity index (χ0v) is 18.5. The molecular weight excluding hydrogens is 370 g/mol. The molecular formula is C21H35N5OS. The molecule has 1 heterocycles. The fourth-order valence-corrected chi connectivity index (χ4v) is 6.90. The molecule has 0 radical (unpaired) electrons. The van der Waals surface area contributed by atoms with Crippen LogP contribution in [0.1, 0.15) is 66.2 Å². The van der Waals surface area contributed by atoms with Crippen LogP contribution in [0.15, 0.2) is 0 Å². The normalized spacial score (nSPS) is 30.9. The summed E-state index contributed by atoms with van der Waals surface area (Å²) in [6, 6.07) is -0.107. The first kappa shape index (κ1) is 19.9. The molecule has 0 aromatic carbocycles. The number of rotatable bonds is 7. The van der Waals surface area contributed by atoms with Gasteiger partial charge in [-0.2, -0.15) is 0 Å². The number of anilines is 2. The van der Waals surface area contributed by atoms with E-state index in [1.54, 1.807) is 0 Å². The van der Waals surface area contributed by atoms with E-state index in [0.29, 0.717) is 17.0 Å². The van der Waals surface area contributed by atoms with Gasteiger partial charge in [-0.15, -0.1) is 10.2 Å². The SMILES string of the molecule is CC(C)CN(CC(C)C)c1nnc(NC(=O)NC23CC4CC(CC(C4)C2)C3)s1. The Morgan fingerprint density at radius 3 is 2.07 bits per heavy atom. The van der Waals surface area contributed by atoms with Gasteiger partial charge in [0, 0.05) is 18.6 Å². The maximum atomic E-state index is 12.7. The number of nitrogens with one attached hydrogen (secondary N) is 2. The summed E-state index contributed by atoms with van der Waals surface area (Å²) in [5, 5.41) is 16.4. The van der Waals surface area contributed by atoms with E-state index < -0.39 is 0 Å². The number of urea groups is 1. The smallest absolute Gasteiger partial charge is 0.321 e. The van der Waals surface area contributed by atoms with Crippen molar-refractivity contribution in [1.82, 2.24) is 15.5 Å². The Bertz CT molecular complexity index is 655. The van der Waals surface area contributed by atoms with Gasteiger partial charge in [0.2, 0.25) is 10.3 Å². The molecule has 0 spiro atoms. The van der Waals surface area contributed by atoms with E-state index in [-0.39, 0.29) is 11.6 Å². The minimum Gasteiger partial charge on any atom is -0.346 e. The van der Waals surface area contributed by atoms with Crippen molar-refractivity contribution < 1.29 is 4.79 Å². The third-order valence-electron chi connectivity index (χ3n) is 6.49. The highest BCUT2D eigenvalue weighted by Crippen LogP contribution is 2.55. The molecule has 6 nitrogen and oxygen atoms in total. The largest absolute Gasteiger partial charge is 0.346 e. The van der Waals surface area contributed by atoms with E-state index in [2.05, 4.69) is 53.4 Å². The summed E-state index contributed by atoms with van der Waals surface area (Å²) in [5.41, 5.74) is 0.0215. The molecule has 1 aromatic rings. The lowest BCUT2D eigenvalue weighted by Gasteiger charge is -2.56. The van der Waals surface area contributed by atoms with Gasteiger partial charge in [0.25, 0.3) is 0 Å². The van der Waals surface area contributed by atoms with Crippen molar-refractivity contribution in [3.8, 4) is 0 Å². The molecule has 0 atom stereocenters. The molecule has 2 N–H and O–H groups in total. The van der Waals surface area contributed by atoms with Crippen LogP contribution in [0.5, 0.6) is 0 Å². The molecule has 4 fully saturated rings. The second kappa shape index (κ2) is 7.81. The van der Waals surface area contributed by atoms with Crippen molar-refractivity contribution in [1.29, 1.82) is 0 Å². The molecule has 1 aromatic heterocycles. The predicted molar refractivity (Wildman–Crippen MR) is 115 cm³/mol. The van der Waals surface area contributed by atoms with Crippen LogP contribution in [-0.4, -0.2) is 34.9 Å². The van der Waals surface area contributed by atoms with Gasteiger partial charge >= 0.3 is 6.03 Å². The van der Waals surface area contributed by atoms with Gasteiger partial charge in [0.15, 0.2) is 0 Å². The lowest BCUT2D eigenvalue weighted by molar-refractivity contribution is -0.0127. The summed E-state index contributed by atoms with van der Waals surface area (Å²) in [5.74, 6) is 3.57. The number of nitrogens with zero attached hydrogens (tertiary/aromatic N) is 3. The maximum Gasteiger partial charge on any atom is 0.321 e. The van der Waals surface area contributed by atoms with Crippen LogP contribution in [0.3, 0.4) is 0 Å². The second-order valence-corrected chi connectivity index (χ2v) is 11.3. The molecule has 0 aliphatic heterocycles. The number of hydrogen-bond acceptors (Lipinski definition) is 5. The third kappa shape index (κ3) is 4.44. The van der Waals surface area contributed by atoms with Crippen molar-refractivity contribution in [3.63, 3.8) is 0 Å². The molecule has 0 unspecified atom stereocenters. The average molecular weight is 406 g/mol. The first-order valence-corrected chi connectivity index (χ1v) is 11.8. The molecule has 4 aliphatic carbocycles. The van der Waals surface area contributed by atoms with Crippen LogP contribution in [0.4, 0.5) is 15.1 Å². The first-order chi connectivity index (χ1) is 13.3. The fourth-order valence-electron chi connectivity index (χ4n) is 6.14. The van der Waals surface area contributed by atoms with Gasteiger partial charge in [-0.1, -0.05) is 39.0 Å². The lowest BCUT2D eigenvalue weighted by atomic mass is 9.53. The van der Waals surface area contributed by atoms with Crippen molar-refractivity contribution in [2.24, 2.45) is 29.6 Å². The summed E-state index contributed by atoms with van der Waals surface area (Å²) in [6.07, 6.45) is 7.61. The van der Waals surface area contributed by atoms with Gasteiger partial charge in [0.1, 0.15) is 0 Å². The van der Waals surface area contributed by atoms with Crippen LogP contribution < -0.4 is 15.5 Å². The Hall–Kier alpha value is -1.37. The topological polar surface area (TPSA) is 70.2 Å². The number of aromatic nitrogens is 2. The van der Waals surface area contributed by atoms with Crippen molar-refractivity contribution in [3.05, 3.63) is 0 Å². The number of amides is 2. The maximum absolute atomic E-state index is 12.7. The first-order valence-electron chi connectivity index (χ1n) is 11.0. The Morgan fingerprint density at radius 2 is 1.57 bits per heavy atom. The zero-order chi connectivity index (χ0) is 19.9. The monoisotopic (exact) mass is 405 g/mol. The van der Waals surface area contributed by atoms with Gasteiger partial charge in [0.05, 0.1) is 0 Å². The van der Waals surface area contributed by atoms with Crippen LogP contribution in [0.2, 0.25) is 0 Å². The van der Waals surface area contributed by atoms with Crippen LogP contribution in [0.25, 0.3) is 0 Å². The second-order valence-electron chi connectivity index (χ2n) is 10.4. The molecule has 4 bridgehead atoms. The molecule has 2 amide bonds. The third-order valence-corrected chi connectivity index (χ3v) is 7.39. The highest BCUT2D eigenvalue weighted by molar-refractivity contribution is 7.19. The fraction of sp³-hybridized carbons (Fsp3) is 0.857. The Labute approximate surface area is 172 Å². The highest BCUT2D eigenvalue weighted by Gasteiger charge is 2.51. The van der Waals surface area contributed by atoms with Gasteiger partial charge in [-0.25, -0.2) is 4.79 Å². The Morgan fingerprint density at radius 1 is 1.04 bits per heavy atom. The Kier molecular flexibility index (Phi) is 5.55. The standard InChI is InChI=1S/C21H35N5OS/c1-13(2)11-26(12-14(3)4)20-25-24-19(28-20)22-18(27)23-21-8-15-5-16(9-21)7-17(6-15)10-21/h13-17H,5-12H2,1-4H3,(H2,22,23,24,27). The van der Waals surface area contributed by atoms with Crippen molar-refractivity contribution in [2.45, 2.75) is 71.8 Å². The van der Waals surface area contributed by atoms with E-state index in [4.69, 9.17) is 0 Å². The minimum atomic E-state index is -0.107. The lowest BCUT2D eigenvalue weighted by Crippen LogP contribution is -2.60. The molecule has 4 aliphatic rings. The van der Waals surface area contributed by atoms with Crippen LogP contribution in [0, 0.1) is 29.6 Å². The molecule has 4 saturated carbocycles. The van der Waals surface area contributed by atoms with Crippen molar-refractivity contribution >= 4 is 27.6 Å². The zero-order valence-electron chi connectivity index (χ0n) is 17.7.